The summed E-state index contributed by atoms with van der Waals surface area (Å²) in [6.45, 7) is 3.98. The molecule has 1 aliphatic heterocycles. The molecule has 0 bridgehead atoms. The van der Waals surface area contributed by atoms with Gasteiger partial charge in [0.25, 0.3) is 0 Å². The lowest BCUT2D eigenvalue weighted by atomic mass is 10.3. The minimum absolute atomic E-state index is 0.598. The van der Waals surface area contributed by atoms with Gasteiger partial charge in [0.15, 0.2) is 0 Å². The van der Waals surface area contributed by atoms with Gasteiger partial charge in [-0.25, -0.2) is 0 Å². The molecular weight excluding hydrogens is 345 g/mol. The number of benzene rings is 1. The molecule has 2 N–H and O–H groups in total. The number of aromatic nitrogens is 3. The van der Waals surface area contributed by atoms with Crippen LogP contribution in [0.4, 0.5) is 17.5 Å². The highest BCUT2D eigenvalue weighted by molar-refractivity contribution is 6.35. The Morgan fingerprint density at radius 3 is 2.71 bits per heavy atom. The number of H-pyrrole nitrogens is 1. The summed E-state index contributed by atoms with van der Waals surface area (Å²) in [5.74, 6) is 1.47. The van der Waals surface area contributed by atoms with E-state index in [1.54, 1.807) is 18.2 Å². The molecule has 2 aromatic heterocycles. The van der Waals surface area contributed by atoms with Gasteiger partial charge in [0.1, 0.15) is 11.5 Å². The molecule has 3 heterocycles. The number of nitrogens with one attached hydrogen (secondary N) is 2. The van der Waals surface area contributed by atoms with Crippen LogP contribution in [0.2, 0.25) is 10.0 Å². The zero-order chi connectivity index (χ0) is 16.7. The summed E-state index contributed by atoms with van der Waals surface area (Å²) in [4.78, 5) is 14.9. The highest BCUT2D eigenvalue weighted by atomic mass is 35.5. The fraction of sp³-hybridized carbons (Fsp3) is 0.294. The second-order valence-corrected chi connectivity index (χ2v) is 6.87. The summed E-state index contributed by atoms with van der Waals surface area (Å²) in [5, 5.41) is 5.48. The number of halogens is 2. The Bertz CT molecular complexity index is 899. The molecule has 0 atom stereocenters. The van der Waals surface area contributed by atoms with E-state index in [9.17, 15) is 0 Å². The Kier molecular flexibility index (Phi) is 3.98. The van der Waals surface area contributed by atoms with Crippen LogP contribution in [-0.2, 0) is 0 Å². The fourth-order valence-corrected chi connectivity index (χ4v) is 3.34. The molecule has 1 aliphatic rings. The maximum Gasteiger partial charge on any atom is 0.229 e. The Labute approximate surface area is 150 Å². The number of hydrogen-bond donors (Lipinski definition) is 2. The second-order valence-electron chi connectivity index (χ2n) is 6.03. The van der Waals surface area contributed by atoms with Gasteiger partial charge >= 0.3 is 0 Å². The van der Waals surface area contributed by atoms with Crippen molar-refractivity contribution in [3.8, 4) is 0 Å². The third-order valence-electron chi connectivity index (χ3n) is 4.18. The van der Waals surface area contributed by atoms with Gasteiger partial charge in [-0.2, -0.15) is 9.97 Å². The van der Waals surface area contributed by atoms with E-state index < -0.39 is 0 Å². The first-order valence-corrected chi connectivity index (χ1v) is 8.70. The molecule has 24 heavy (non-hydrogen) atoms. The topological polar surface area (TPSA) is 56.8 Å². The van der Waals surface area contributed by atoms with Crippen molar-refractivity contribution in [3.63, 3.8) is 0 Å². The monoisotopic (exact) mass is 361 g/mol. The van der Waals surface area contributed by atoms with Gasteiger partial charge in [-0.15, -0.1) is 0 Å². The zero-order valence-corrected chi connectivity index (χ0v) is 14.7. The maximum atomic E-state index is 6.29. The molecule has 0 amide bonds. The smallest absolute Gasteiger partial charge is 0.229 e. The Morgan fingerprint density at radius 1 is 1.12 bits per heavy atom. The van der Waals surface area contributed by atoms with Crippen LogP contribution in [0.25, 0.3) is 11.0 Å². The number of aromatic amines is 1. The van der Waals surface area contributed by atoms with Crippen molar-refractivity contribution < 1.29 is 0 Å². The van der Waals surface area contributed by atoms with E-state index in [1.165, 1.54) is 12.8 Å². The molecular formula is C17H17Cl2N5. The lowest BCUT2D eigenvalue weighted by Gasteiger charge is -2.17. The number of aryl methyl sites for hydroxylation is 1. The van der Waals surface area contributed by atoms with Crippen molar-refractivity contribution in [1.82, 2.24) is 15.0 Å². The first-order valence-electron chi connectivity index (χ1n) is 7.94. The SMILES string of the molecule is Cc1cc2c(Nc3cc(Cl)ccc3Cl)nc(N3CCCC3)nc2[nH]1. The average Bonchev–Trinajstić information content (AvgIpc) is 3.19. The van der Waals surface area contributed by atoms with Gasteiger partial charge in [-0.05, 0) is 44.0 Å². The summed E-state index contributed by atoms with van der Waals surface area (Å²) in [6.07, 6.45) is 2.35. The second kappa shape index (κ2) is 6.15. The summed E-state index contributed by atoms with van der Waals surface area (Å²) in [6, 6.07) is 7.37. The van der Waals surface area contributed by atoms with Crippen LogP contribution in [0, 0.1) is 6.92 Å². The lowest BCUT2D eigenvalue weighted by molar-refractivity contribution is 0.907. The van der Waals surface area contributed by atoms with Gasteiger partial charge in [-0.3, -0.25) is 0 Å². The van der Waals surface area contributed by atoms with E-state index in [1.807, 2.05) is 13.0 Å². The van der Waals surface area contributed by atoms with Crippen molar-refractivity contribution in [3.05, 3.63) is 40.0 Å². The van der Waals surface area contributed by atoms with E-state index in [0.717, 1.165) is 47.3 Å². The third kappa shape index (κ3) is 2.89. The standard InChI is InChI=1S/C17H17Cl2N5/c1-10-8-12-15(20-10)22-17(24-6-2-3-7-24)23-16(12)21-14-9-11(18)4-5-13(14)19/h4-5,8-9H,2-3,6-7H2,1H3,(H2,20,21,22,23). The minimum Gasteiger partial charge on any atom is -0.343 e. The molecule has 0 saturated carbocycles. The van der Waals surface area contributed by atoms with Gasteiger partial charge in [0.2, 0.25) is 5.95 Å². The highest BCUT2D eigenvalue weighted by Gasteiger charge is 2.19. The molecule has 0 unspecified atom stereocenters. The zero-order valence-electron chi connectivity index (χ0n) is 13.2. The molecule has 0 spiro atoms. The number of nitrogens with zero attached hydrogens (tertiary/aromatic N) is 3. The largest absolute Gasteiger partial charge is 0.343 e. The predicted octanol–water partition coefficient (Wildman–Crippen LogP) is 4.92. The van der Waals surface area contributed by atoms with Gasteiger partial charge in [0.05, 0.1) is 16.1 Å². The van der Waals surface area contributed by atoms with Crippen molar-refractivity contribution in [2.45, 2.75) is 19.8 Å². The van der Waals surface area contributed by atoms with Crippen LogP contribution in [0.5, 0.6) is 0 Å². The first-order chi connectivity index (χ1) is 11.6. The normalized spacial score (nSPS) is 14.5. The number of rotatable bonds is 3. The van der Waals surface area contributed by atoms with E-state index in [4.69, 9.17) is 28.2 Å². The van der Waals surface area contributed by atoms with Crippen molar-refractivity contribution in [2.24, 2.45) is 0 Å². The summed E-state index contributed by atoms with van der Waals surface area (Å²) >= 11 is 12.4. The van der Waals surface area contributed by atoms with Crippen LogP contribution in [-0.4, -0.2) is 28.0 Å². The molecule has 1 saturated heterocycles. The van der Waals surface area contributed by atoms with Crippen molar-refractivity contribution in [2.75, 3.05) is 23.3 Å². The maximum absolute atomic E-state index is 6.29. The van der Waals surface area contributed by atoms with Gasteiger partial charge in [0, 0.05) is 23.8 Å². The molecule has 0 radical (unpaired) electrons. The number of anilines is 3. The lowest BCUT2D eigenvalue weighted by Crippen LogP contribution is -2.20. The van der Waals surface area contributed by atoms with Crippen LogP contribution in [0.15, 0.2) is 24.3 Å². The first kappa shape index (κ1) is 15.5. The molecule has 3 aromatic rings. The van der Waals surface area contributed by atoms with Crippen LogP contribution >= 0.6 is 23.2 Å². The van der Waals surface area contributed by atoms with Crippen LogP contribution in [0.3, 0.4) is 0 Å². The van der Waals surface area contributed by atoms with E-state index in [-0.39, 0.29) is 0 Å². The van der Waals surface area contributed by atoms with E-state index in [0.29, 0.717) is 10.0 Å². The Hall–Kier alpha value is -1.98. The van der Waals surface area contributed by atoms with Crippen LogP contribution in [0.1, 0.15) is 18.5 Å². The molecule has 124 valence electrons. The Morgan fingerprint density at radius 2 is 1.92 bits per heavy atom. The molecule has 7 heteroatoms. The average molecular weight is 362 g/mol. The minimum atomic E-state index is 0.598. The quantitative estimate of drug-likeness (QED) is 0.695. The molecule has 1 aromatic carbocycles. The van der Waals surface area contributed by atoms with Crippen molar-refractivity contribution in [1.29, 1.82) is 0 Å². The molecule has 1 fully saturated rings. The highest BCUT2D eigenvalue weighted by Crippen LogP contribution is 2.32. The van der Waals surface area contributed by atoms with Crippen LogP contribution < -0.4 is 10.2 Å². The van der Waals surface area contributed by atoms with Crippen molar-refractivity contribution >= 4 is 51.7 Å². The predicted molar refractivity (Wildman–Crippen MR) is 99.8 cm³/mol. The van der Waals surface area contributed by atoms with Gasteiger partial charge < -0.3 is 15.2 Å². The Balaban J connectivity index is 1.81. The summed E-state index contributed by atoms with van der Waals surface area (Å²) in [5.41, 5.74) is 2.60. The molecule has 0 aliphatic carbocycles. The fourth-order valence-electron chi connectivity index (χ4n) is 3.00. The number of hydrogen-bond acceptors (Lipinski definition) is 4. The van der Waals surface area contributed by atoms with Gasteiger partial charge in [-0.1, -0.05) is 23.2 Å². The molecule has 4 rings (SSSR count). The molecule has 5 nitrogen and oxygen atoms in total. The number of fused-ring (bicyclic) bond motifs is 1. The summed E-state index contributed by atoms with van der Waals surface area (Å²) in [7, 11) is 0. The van der Waals surface area contributed by atoms with E-state index in [2.05, 4.69) is 20.2 Å². The van der Waals surface area contributed by atoms with E-state index >= 15 is 0 Å². The third-order valence-corrected chi connectivity index (χ3v) is 4.75. The summed E-state index contributed by atoms with van der Waals surface area (Å²) < 4.78 is 0.